The van der Waals surface area contributed by atoms with E-state index in [0.29, 0.717) is 44.7 Å². The summed E-state index contributed by atoms with van der Waals surface area (Å²) in [5.74, 6) is 0.841. The fourth-order valence-electron chi connectivity index (χ4n) is 4.81. The lowest BCUT2D eigenvalue weighted by molar-refractivity contribution is -0.126. The first-order valence-corrected chi connectivity index (χ1v) is 13.2. The van der Waals surface area contributed by atoms with Crippen molar-refractivity contribution >= 4 is 33.4 Å². The Morgan fingerprint density at radius 1 is 1.03 bits per heavy atom. The molecule has 0 atom stereocenters. The highest BCUT2D eigenvalue weighted by Crippen LogP contribution is 2.29. The Morgan fingerprint density at radius 2 is 1.81 bits per heavy atom. The predicted molar refractivity (Wildman–Crippen MR) is 144 cm³/mol. The fourth-order valence-corrected chi connectivity index (χ4v) is 5.71. The van der Waals surface area contributed by atoms with Crippen LogP contribution in [0, 0.1) is 12.8 Å². The Labute approximate surface area is 215 Å². The summed E-state index contributed by atoms with van der Waals surface area (Å²) in [7, 11) is 1.66. The van der Waals surface area contributed by atoms with E-state index in [0.717, 1.165) is 27.1 Å². The molecule has 0 radical (unpaired) electrons. The van der Waals surface area contributed by atoms with Crippen molar-refractivity contribution in [1.82, 2.24) is 14.8 Å². The molecule has 0 saturated carbocycles. The molecule has 0 spiro atoms. The van der Waals surface area contributed by atoms with Crippen LogP contribution in [0.25, 0.3) is 10.2 Å². The highest BCUT2D eigenvalue weighted by Gasteiger charge is 2.29. The van der Waals surface area contributed by atoms with Crippen LogP contribution in [0.4, 0.5) is 0 Å². The van der Waals surface area contributed by atoms with Gasteiger partial charge in [-0.1, -0.05) is 42.0 Å². The summed E-state index contributed by atoms with van der Waals surface area (Å²) in [6.45, 7) is 4.35. The number of benzene rings is 2. The molecule has 6 nitrogen and oxygen atoms in total. The van der Waals surface area contributed by atoms with E-state index in [1.54, 1.807) is 18.4 Å². The quantitative estimate of drug-likeness (QED) is 0.377. The van der Waals surface area contributed by atoms with Crippen molar-refractivity contribution in [3.8, 4) is 5.75 Å². The zero-order valence-corrected chi connectivity index (χ0v) is 21.5. The van der Waals surface area contributed by atoms with Crippen molar-refractivity contribution in [2.45, 2.75) is 32.9 Å². The van der Waals surface area contributed by atoms with Crippen molar-refractivity contribution in [2.75, 3.05) is 20.2 Å². The van der Waals surface area contributed by atoms with Gasteiger partial charge in [0.05, 0.1) is 7.11 Å². The van der Waals surface area contributed by atoms with Gasteiger partial charge in [-0.2, -0.15) is 0 Å². The van der Waals surface area contributed by atoms with E-state index in [1.807, 2.05) is 41.3 Å². The summed E-state index contributed by atoms with van der Waals surface area (Å²) in [6, 6.07) is 20.2. The number of aryl methyl sites for hydroxylation is 1. The van der Waals surface area contributed by atoms with Gasteiger partial charge in [0, 0.05) is 37.5 Å². The molecular weight excluding hydrogens is 470 g/mol. The molecule has 4 aromatic rings. The highest BCUT2D eigenvalue weighted by molar-refractivity contribution is 7.16. The first kappa shape index (κ1) is 24.1. The maximum atomic E-state index is 13.6. The minimum absolute atomic E-state index is 0.0276. The van der Waals surface area contributed by atoms with Crippen LogP contribution in [0.2, 0.25) is 0 Å². The largest absolute Gasteiger partial charge is 0.497 e. The van der Waals surface area contributed by atoms with Crippen LogP contribution in [-0.2, 0) is 17.9 Å². The van der Waals surface area contributed by atoms with E-state index in [2.05, 4.69) is 46.5 Å². The van der Waals surface area contributed by atoms with Crippen molar-refractivity contribution in [3.63, 3.8) is 0 Å². The Balaban J connectivity index is 1.24. The smallest absolute Gasteiger partial charge is 0.270 e. The number of piperidine rings is 1. The molecule has 0 aliphatic carbocycles. The van der Waals surface area contributed by atoms with Crippen LogP contribution < -0.4 is 10.1 Å². The summed E-state index contributed by atoms with van der Waals surface area (Å²) >= 11 is 1.64. The molecule has 1 N–H and O–H groups in total. The maximum Gasteiger partial charge on any atom is 0.270 e. The molecule has 1 aliphatic rings. The Hall–Kier alpha value is -3.58. The second-order valence-corrected chi connectivity index (χ2v) is 10.3. The maximum absolute atomic E-state index is 13.6. The van der Waals surface area contributed by atoms with Gasteiger partial charge in [0.1, 0.15) is 16.3 Å². The Morgan fingerprint density at radius 3 is 2.56 bits per heavy atom. The number of methoxy groups -OCH3 is 1. The number of ether oxygens (including phenoxy) is 1. The van der Waals surface area contributed by atoms with Crippen LogP contribution in [0.15, 0.2) is 66.0 Å². The number of carbonyl (C=O) groups is 2. The molecule has 7 heteroatoms. The molecule has 186 valence electrons. The van der Waals surface area contributed by atoms with Gasteiger partial charge in [0.2, 0.25) is 5.91 Å². The standard InChI is InChI=1S/C29H31N3O3S/c1-20-6-8-21(9-7-20)18-30-27(33)23-10-13-31(14-11-23)28(34)26-17-24-12-15-36-29(24)32(26)19-22-4-3-5-25(16-22)35-2/h3-9,12,15-17,23H,10-11,13-14,18-19H2,1-2H3,(H,30,33). The van der Waals surface area contributed by atoms with Gasteiger partial charge in [-0.25, -0.2) is 0 Å². The summed E-state index contributed by atoms with van der Waals surface area (Å²) < 4.78 is 7.49. The third kappa shape index (κ3) is 5.16. The average molecular weight is 502 g/mol. The summed E-state index contributed by atoms with van der Waals surface area (Å²) in [6.07, 6.45) is 1.35. The van der Waals surface area contributed by atoms with Crippen molar-refractivity contribution in [1.29, 1.82) is 0 Å². The number of aromatic nitrogens is 1. The van der Waals surface area contributed by atoms with Crippen LogP contribution in [0.1, 0.15) is 40.0 Å². The van der Waals surface area contributed by atoms with Gasteiger partial charge in [0.25, 0.3) is 5.91 Å². The number of thiophene rings is 1. The number of nitrogens with zero attached hydrogens (tertiary/aromatic N) is 2. The third-order valence-corrected chi connectivity index (χ3v) is 7.89. The zero-order chi connectivity index (χ0) is 25.1. The summed E-state index contributed by atoms with van der Waals surface area (Å²) in [4.78, 5) is 29.3. The molecular formula is C29H31N3O3S. The van der Waals surface area contributed by atoms with Gasteiger partial charge in [-0.3, -0.25) is 9.59 Å². The van der Waals surface area contributed by atoms with E-state index in [1.165, 1.54) is 5.56 Å². The van der Waals surface area contributed by atoms with E-state index in [9.17, 15) is 9.59 Å². The van der Waals surface area contributed by atoms with Crippen molar-refractivity contribution in [2.24, 2.45) is 5.92 Å². The number of fused-ring (bicyclic) bond motifs is 1. The number of nitrogens with one attached hydrogen (secondary N) is 1. The Bertz CT molecular complexity index is 1360. The van der Waals surface area contributed by atoms with E-state index < -0.39 is 0 Å². The lowest BCUT2D eigenvalue weighted by Gasteiger charge is -2.31. The van der Waals surface area contributed by atoms with Crippen LogP contribution in [-0.4, -0.2) is 41.5 Å². The van der Waals surface area contributed by atoms with Gasteiger partial charge in [-0.15, -0.1) is 11.3 Å². The number of hydrogen-bond donors (Lipinski definition) is 1. The fraction of sp³-hybridized carbons (Fsp3) is 0.310. The zero-order valence-electron chi connectivity index (χ0n) is 20.7. The second-order valence-electron chi connectivity index (χ2n) is 9.42. The van der Waals surface area contributed by atoms with Crippen molar-refractivity contribution in [3.05, 3.63) is 88.4 Å². The normalized spacial score (nSPS) is 14.2. The predicted octanol–water partition coefficient (Wildman–Crippen LogP) is 5.24. The lowest BCUT2D eigenvalue weighted by atomic mass is 9.95. The first-order valence-electron chi connectivity index (χ1n) is 12.3. The molecule has 5 rings (SSSR count). The molecule has 2 aromatic carbocycles. The minimum atomic E-state index is -0.0634. The third-order valence-electron chi connectivity index (χ3n) is 6.94. The van der Waals surface area contributed by atoms with Gasteiger partial charge in [0.15, 0.2) is 0 Å². The van der Waals surface area contributed by atoms with Gasteiger partial charge in [-0.05, 0) is 60.5 Å². The molecule has 2 amide bonds. The van der Waals surface area contributed by atoms with Crippen LogP contribution in [0.3, 0.4) is 0 Å². The SMILES string of the molecule is COc1cccc(Cn2c(C(=O)N3CCC(C(=O)NCc4ccc(C)cc4)CC3)cc3ccsc32)c1. The molecule has 1 aliphatic heterocycles. The molecule has 0 unspecified atom stereocenters. The second kappa shape index (κ2) is 10.6. The summed E-state index contributed by atoms with van der Waals surface area (Å²) in [5, 5.41) is 6.21. The number of carbonyl (C=O) groups excluding carboxylic acids is 2. The summed E-state index contributed by atoms with van der Waals surface area (Å²) in [5.41, 5.74) is 4.08. The monoisotopic (exact) mass is 501 g/mol. The number of rotatable bonds is 7. The topological polar surface area (TPSA) is 63.6 Å². The van der Waals surface area contributed by atoms with Crippen LogP contribution in [0.5, 0.6) is 5.75 Å². The molecule has 3 heterocycles. The van der Waals surface area contributed by atoms with Gasteiger partial charge >= 0.3 is 0 Å². The number of likely N-dealkylation sites (tertiary alicyclic amines) is 1. The lowest BCUT2D eigenvalue weighted by Crippen LogP contribution is -2.43. The highest BCUT2D eigenvalue weighted by atomic mass is 32.1. The minimum Gasteiger partial charge on any atom is -0.497 e. The first-order chi connectivity index (χ1) is 17.5. The molecule has 0 bridgehead atoms. The molecule has 36 heavy (non-hydrogen) atoms. The Kier molecular flexibility index (Phi) is 7.09. The molecule has 1 fully saturated rings. The van der Waals surface area contributed by atoms with E-state index >= 15 is 0 Å². The van der Waals surface area contributed by atoms with E-state index in [-0.39, 0.29) is 17.7 Å². The van der Waals surface area contributed by atoms with Crippen molar-refractivity contribution < 1.29 is 14.3 Å². The van der Waals surface area contributed by atoms with Crippen LogP contribution >= 0.6 is 11.3 Å². The number of hydrogen-bond acceptors (Lipinski definition) is 4. The molecule has 1 saturated heterocycles. The van der Waals surface area contributed by atoms with Gasteiger partial charge < -0.3 is 19.5 Å². The number of amides is 2. The molecule has 2 aromatic heterocycles. The van der Waals surface area contributed by atoms with E-state index in [4.69, 9.17) is 4.74 Å². The average Bonchev–Trinajstić information content (AvgIpc) is 3.50.